The normalized spacial score (nSPS) is 30.6. The minimum Gasteiger partial charge on any atom is -0.493 e. The van der Waals surface area contributed by atoms with E-state index >= 15 is 0 Å². The molecule has 0 heterocycles. The van der Waals surface area contributed by atoms with Crippen LogP contribution < -0.4 is 0 Å². The molecule has 1 aromatic carbocycles. The van der Waals surface area contributed by atoms with Crippen LogP contribution in [0.15, 0.2) is 34.7 Å². The Labute approximate surface area is 157 Å². The van der Waals surface area contributed by atoms with Crippen molar-refractivity contribution in [1.82, 2.24) is 0 Å². The Kier molecular flexibility index (Phi) is 4.68. The Morgan fingerprint density at radius 3 is 2.00 bits per heavy atom. The van der Waals surface area contributed by atoms with Gasteiger partial charge in [0.1, 0.15) is 5.76 Å². The molecule has 0 aromatic heterocycles. The van der Waals surface area contributed by atoms with Crippen molar-refractivity contribution in [1.29, 1.82) is 0 Å². The minimum atomic E-state index is 0.254. The van der Waals surface area contributed by atoms with Crippen LogP contribution in [0.25, 0.3) is 5.76 Å². The highest BCUT2D eigenvalue weighted by Crippen LogP contribution is 2.58. The summed E-state index contributed by atoms with van der Waals surface area (Å²) in [5.74, 6) is 4.81. The molecule has 4 aliphatic carbocycles. The molecule has 4 bridgehead atoms. The van der Waals surface area contributed by atoms with E-state index in [9.17, 15) is 0 Å². The second-order valence-electron chi connectivity index (χ2n) is 9.26. The van der Waals surface area contributed by atoms with Crippen LogP contribution in [-0.2, 0) is 4.74 Å². The average Bonchev–Trinajstić information content (AvgIpc) is 2.52. The molecule has 4 fully saturated rings. The maximum Gasteiger partial charge on any atom is 0.126 e. The van der Waals surface area contributed by atoms with E-state index in [0.717, 1.165) is 30.3 Å². The molecule has 0 aliphatic heterocycles. The SMILES string of the molecule is CCOC(=C1C2CC3CC(C2)CC1C3)c1ccc(SC(C)(C)C)cc1. The van der Waals surface area contributed by atoms with Crippen molar-refractivity contribution < 1.29 is 4.74 Å². The Balaban J connectivity index is 1.65. The number of ether oxygens (including phenoxy) is 1. The first-order valence-electron chi connectivity index (χ1n) is 10.1. The molecule has 1 aromatic rings. The molecule has 0 spiro atoms. The van der Waals surface area contributed by atoms with Crippen LogP contribution in [0, 0.1) is 23.7 Å². The topological polar surface area (TPSA) is 9.23 Å². The van der Waals surface area contributed by atoms with Gasteiger partial charge in [0.15, 0.2) is 0 Å². The second-order valence-corrected chi connectivity index (χ2v) is 11.2. The molecule has 5 rings (SSSR count). The van der Waals surface area contributed by atoms with Gasteiger partial charge in [-0.2, -0.15) is 0 Å². The van der Waals surface area contributed by atoms with Gasteiger partial charge in [-0.25, -0.2) is 0 Å². The summed E-state index contributed by atoms with van der Waals surface area (Å²) in [6.07, 6.45) is 7.16. The zero-order valence-corrected chi connectivity index (χ0v) is 17.0. The summed E-state index contributed by atoms with van der Waals surface area (Å²) in [5, 5.41) is 0. The van der Waals surface area contributed by atoms with E-state index in [1.807, 2.05) is 11.8 Å². The van der Waals surface area contributed by atoms with Gasteiger partial charge in [-0.15, -0.1) is 11.8 Å². The Bertz CT molecular complexity index is 620. The number of rotatable bonds is 4. The maximum atomic E-state index is 6.27. The monoisotopic (exact) mass is 356 g/mol. The molecule has 4 saturated carbocycles. The molecule has 136 valence electrons. The molecule has 0 atom stereocenters. The largest absolute Gasteiger partial charge is 0.493 e. The van der Waals surface area contributed by atoms with Crippen molar-refractivity contribution in [2.45, 2.75) is 69.4 Å². The van der Waals surface area contributed by atoms with Crippen LogP contribution in [0.5, 0.6) is 0 Å². The van der Waals surface area contributed by atoms with E-state index < -0.39 is 0 Å². The van der Waals surface area contributed by atoms with Gasteiger partial charge in [-0.05, 0) is 80.4 Å². The predicted octanol–water partition coefficient (Wildman–Crippen LogP) is 6.78. The van der Waals surface area contributed by atoms with E-state index in [-0.39, 0.29) is 4.75 Å². The average molecular weight is 357 g/mol. The standard InChI is InChI=1S/C23H32OS/c1-5-24-22(17-6-8-20(9-7-17)25-23(2,3)4)21-18-11-15-10-16(13-18)14-19(21)12-15/h6-9,15-16,18-19H,5,10-14H2,1-4H3. The first kappa shape index (κ1) is 17.5. The predicted molar refractivity (Wildman–Crippen MR) is 108 cm³/mol. The highest BCUT2D eigenvalue weighted by molar-refractivity contribution is 8.00. The van der Waals surface area contributed by atoms with Gasteiger partial charge in [-0.3, -0.25) is 0 Å². The highest BCUT2D eigenvalue weighted by Gasteiger charge is 2.46. The number of thioether (sulfide) groups is 1. The third-order valence-corrected chi connectivity index (χ3v) is 7.23. The molecule has 0 amide bonds. The van der Waals surface area contributed by atoms with Crippen LogP contribution in [-0.4, -0.2) is 11.4 Å². The van der Waals surface area contributed by atoms with E-state index in [1.54, 1.807) is 5.57 Å². The summed E-state index contributed by atoms with van der Waals surface area (Å²) < 4.78 is 6.52. The summed E-state index contributed by atoms with van der Waals surface area (Å²) in [6, 6.07) is 9.13. The smallest absolute Gasteiger partial charge is 0.126 e. The molecule has 4 aliphatic rings. The van der Waals surface area contributed by atoms with Crippen molar-refractivity contribution in [3.05, 3.63) is 35.4 Å². The number of hydrogen-bond acceptors (Lipinski definition) is 2. The lowest BCUT2D eigenvalue weighted by atomic mass is 9.54. The van der Waals surface area contributed by atoms with Gasteiger partial charge in [0.25, 0.3) is 0 Å². The Morgan fingerprint density at radius 2 is 1.52 bits per heavy atom. The molecule has 0 unspecified atom stereocenters. The summed E-state index contributed by atoms with van der Waals surface area (Å²) in [7, 11) is 0. The zero-order valence-electron chi connectivity index (χ0n) is 16.2. The first-order valence-corrected chi connectivity index (χ1v) is 10.9. The maximum absolute atomic E-state index is 6.27. The lowest BCUT2D eigenvalue weighted by Gasteiger charge is -2.51. The van der Waals surface area contributed by atoms with Gasteiger partial charge >= 0.3 is 0 Å². The lowest BCUT2D eigenvalue weighted by molar-refractivity contribution is 0.0668. The fraction of sp³-hybridized carbons (Fsp3) is 0.652. The van der Waals surface area contributed by atoms with Gasteiger partial charge < -0.3 is 4.74 Å². The Morgan fingerprint density at radius 1 is 0.960 bits per heavy atom. The summed E-state index contributed by atoms with van der Waals surface area (Å²) in [6.45, 7) is 9.71. The fourth-order valence-electron chi connectivity index (χ4n) is 5.57. The van der Waals surface area contributed by atoms with Crippen LogP contribution in [0.1, 0.15) is 65.4 Å². The molecular weight excluding hydrogens is 324 g/mol. The fourth-order valence-corrected chi connectivity index (χ4v) is 6.55. The summed E-state index contributed by atoms with van der Waals surface area (Å²) in [5.41, 5.74) is 2.97. The van der Waals surface area contributed by atoms with Gasteiger partial charge in [0, 0.05) is 15.2 Å². The van der Waals surface area contributed by atoms with E-state index in [4.69, 9.17) is 4.74 Å². The third kappa shape index (κ3) is 3.65. The molecule has 0 saturated heterocycles. The molecule has 0 N–H and O–H groups in total. The summed E-state index contributed by atoms with van der Waals surface area (Å²) >= 11 is 1.94. The quantitative estimate of drug-likeness (QED) is 0.434. The zero-order chi connectivity index (χ0) is 17.6. The minimum absolute atomic E-state index is 0.254. The molecule has 2 heteroatoms. The van der Waals surface area contributed by atoms with Gasteiger partial charge in [-0.1, -0.05) is 32.9 Å². The number of allylic oxidation sites excluding steroid dienone is 1. The van der Waals surface area contributed by atoms with Crippen LogP contribution in [0.3, 0.4) is 0 Å². The molecule has 1 nitrogen and oxygen atoms in total. The van der Waals surface area contributed by atoms with Crippen molar-refractivity contribution in [3.8, 4) is 0 Å². The van der Waals surface area contributed by atoms with Crippen LogP contribution >= 0.6 is 11.8 Å². The van der Waals surface area contributed by atoms with Crippen molar-refractivity contribution in [3.63, 3.8) is 0 Å². The Hall–Kier alpha value is -0.890. The molecule has 25 heavy (non-hydrogen) atoms. The highest BCUT2D eigenvalue weighted by atomic mass is 32.2. The third-order valence-electron chi connectivity index (χ3n) is 6.11. The number of hydrogen-bond donors (Lipinski definition) is 0. The van der Waals surface area contributed by atoms with Crippen LogP contribution in [0.2, 0.25) is 0 Å². The van der Waals surface area contributed by atoms with Crippen molar-refractivity contribution in [2.75, 3.05) is 6.61 Å². The lowest BCUT2D eigenvalue weighted by Crippen LogP contribution is -2.41. The first-order chi connectivity index (χ1) is 11.9. The second kappa shape index (κ2) is 6.68. The molecular formula is C23H32OS. The van der Waals surface area contributed by atoms with Crippen molar-refractivity contribution in [2.24, 2.45) is 23.7 Å². The van der Waals surface area contributed by atoms with Crippen molar-refractivity contribution >= 4 is 17.5 Å². The van der Waals surface area contributed by atoms with E-state index in [2.05, 4.69) is 52.0 Å². The van der Waals surface area contributed by atoms with E-state index in [1.165, 1.54) is 48.3 Å². The number of benzene rings is 1. The van der Waals surface area contributed by atoms with Gasteiger partial charge in [0.05, 0.1) is 6.61 Å². The van der Waals surface area contributed by atoms with E-state index in [0.29, 0.717) is 0 Å². The van der Waals surface area contributed by atoms with Gasteiger partial charge in [0.2, 0.25) is 0 Å². The van der Waals surface area contributed by atoms with Crippen LogP contribution in [0.4, 0.5) is 0 Å². The molecule has 0 radical (unpaired) electrons. The summed E-state index contributed by atoms with van der Waals surface area (Å²) in [4.78, 5) is 1.35.